The molecule has 4 rings (SSSR count). The maximum Gasteiger partial charge on any atom is 0.225 e. The van der Waals surface area contributed by atoms with Crippen molar-refractivity contribution in [3.63, 3.8) is 0 Å². The molecule has 9 heteroatoms. The molecular weight excluding hydrogens is 313 g/mol. The minimum absolute atomic E-state index is 0.0430. The number of anilines is 2. The highest BCUT2D eigenvalue weighted by atomic mass is 19.1. The minimum Gasteiger partial charge on any atom is -0.445 e. The van der Waals surface area contributed by atoms with Gasteiger partial charge in [-0.2, -0.15) is 9.97 Å². The van der Waals surface area contributed by atoms with Crippen molar-refractivity contribution < 1.29 is 8.81 Å². The topological polar surface area (TPSA) is 122 Å². The number of hydrogen-bond acceptors (Lipinski definition) is 7. The zero-order chi connectivity index (χ0) is 16.7. The lowest BCUT2D eigenvalue weighted by Crippen LogP contribution is -2.05. The van der Waals surface area contributed by atoms with Crippen molar-refractivity contribution in [3.8, 4) is 11.5 Å². The number of rotatable bonds is 3. The second-order valence-corrected chi connectivity index (χ2v) is 5.16. The summed E-state index contributed by atoms with van der Waals surface area (Å²) in [5, 5.41) is 0. The second kappa shape index (κ2) is 5.30. The summed E-state index contributed by atoms with van der Waals surface area (Å²) >= 11 is 0. The van der Waals surface area contributed by atoms with Gasteiger partial charge in [-0.25, -0.2) is 14.4 Å². The highest BCUT2D eigenvalue weighted by Gasteiger charge is 2.13. The van der Waals surface area contributed by atoms with Gasteiger partial charge in [-0.15, -0.1) is 0 Å². The highest BCUT2D eigenvalue weighted by molar-refractivity contribution is 5.82. The Kier molecular flexibility index (Phi) is 3.12. The predicted molar refractivity (Wildman–Crippen MR) is 85.1 cm³/mol. The van der Waals surface area contributed by atoms with Crippen LogP contribution in [0.1, 0.15) is 5.56 Å². The van der Waals surface area contributed by atoms with E-state index in [9.17, 15) is 4.39 Å². The molecule has 0 aliphatic heterocycles. The van der Waals surface area contributed by atoms with Crippen molar-refractivity contribution in [1.82, 2.24) is 24.5 Å². The van der Waals surface area contributed by atoms with Gasteiger partial charge in [0, 0.05) is 11.1 Å². The molecule has 24 heavy (non-hydrogen) atoms. The van der Waals surface area contributed by atoms with E-state index in [4.69, 9.17) is 15.9 Å². The summed E-state index contributed by atoms with van der Waals surface area (Å²) in [7, 11) is 0. The first kappa shape index (κ1) is 14.1. The number of imidazole rings is 1. The van der Waals surface area contributed by atoms with Gasteiger partial charge in [-0.05, 0) is 12.1 Å². The lowest BCUT2D eigenvalue weighted by molar-refractivity contribution is 0.570. The summed E-state index contributed by atoms with van der Waals surface area (Å²) in [5.41, 5.74) is 13.3. The van der Waals surface area contributed by atoms with Crippen LogP contribution in [0.25, 0.3) is 22.6 Å². The molecule has 8 nitrogen and oxygen atoms in total. The van der Waals surface area contributed by atoms with E-state index >= 15 is 0 Å². The van der Waals surface area contributed by atoms with Crippen molar-refractivity contribution in [2.45, 2.75) is 6.54 Å². The Hall–Kier alpha value is -3.49. The summed E-state index contributed by atoms with van der Waals surface area (Å²) in [6, 6.07) is 4.77. The van der Waals surface area contributed by atoms with Crippen molar-refractivity contribution in [1.29, 1.82) is 0 Å². The van der Waals surface area contributed by atoms with Gasteiger partial charge in [0.2, 0.25) is 11.8 Å². The van der Waals surface area contributed by atoms with Crippen LogP contribution in [0.15, 0.2) is 41.4 Å². The third-order valence-corrected chi connectivity index (χ3v) is 3.58. The summed E-state index contributed by atoms with van der Waals surface area (Å²) in [6.45, 7) is 0.226. The number of nitrogens with zero attached hydrogens (tertiary/aromatic N) is 5. The molecule has 0 saturated carbocycles. The number of benzene rings is 1. The Labute approximate surface area is 135 Å². The fourth-order valence-electron chi connectivity index (χ4n) is 2.46. The average Bonchev–Trinajstić information content (AvgIpc) is 3.20. The van der Waals surface area contributed by atoms with Gasteiger partial charge in [0.05, 0.1) is 19.1 Å². The maximum absolute atomic E-state index is 14.4. The SMILES string of the molecule is Nc1nc(N)c2ncn(Cc3ccc(-c4ncco4)cc3F)c2n1. The predicted octanol–water partition coefficient (Wildman–Crippen LogP) is 1.83. The normalized spacial score (nSPS) is 11.2. The standard InChI is InChI=1S/C15H12FN7O/c16-10-5-8(14-19-3-4-24-14)1-2-9(10)6-23-7-20-11-12(17)21-15(18)22-13(11)23/h1-5,7H,6H2,(H4,17,18,21,22). The number of halogens is 1. The van der Waals surface area contributed by atoms with Crippen molar-refractivity contribution in [3.05, 3.63) is 48.4 Å². The van der Waals surface area contributed by atoms with Crippen LogP contribution in [-0.4, -0.2) is 24.5 Å². The molecule has 0 radical (unpaired) electrons. The molecule has 4 N–H and O–H groups in total. The van der Waals surface area contributed by atoms with E-state index in [0.717, 1.165) is 0 Å². The van der Waals surface area contributed by atoms with E-state index in [-0.39, 0.29) is 24.1 Å². The van der Waals surface area contributed by atoms with Crippen LogP contribution in [0.5, 0.6) is 0 Å². The first-order valence-electron chi connectivity index (χ1n) is 7.04. The van der Waals surface area contributed by atoms with E-state index in [1.54, 1.807) is 16.7 Å². The lowest BCUT2D eigenvalue weighted by atomic mass is 10.1. The number of aromatic nitrogens is 5. The van der Waals surface area contributed by atoms with Crippen LogP contribution in [0, 0.1) is 5.82 Å². The summed E-state index contributed by atoms with van der Waals surface area (Å²) in [5.74, 6) is 0.210. The van der Waals surface area contributed by atoms with E-state index in [1.165, 1.54) is 24.9 Å². The van der Waals surface area contributed by atoms with Crippen LogP contribution in [0.2, 0.25) is 0 Å². The molecule has 0 aliphatic carbocycles. The molecule has 0 amide bonds. The van der Waals surface area contributed by atoms with Gasteiger partial charge in [0.15, 0.2) is 11.5 Å². The molecule has 0 saturated heterocycles. The van der Waals surface area contributed by atoms with Crippen LogP contribution < -0.4 is 11.5 Å². The molecule has 0 aliphatic rings. The molecular formula is C15H12FN7O. The smallest absolute Gasteiger partial charge is 0.225 e. The Morgan fingerprint density at radius 1 is 1.17 bits per heavy atom. The monoisotopic (exact) mass is 325 g/mol. The van der Waals surface area contributed by atoms with Gasteiger partial charge in [-0.1, -0.05) is 6.07 Å². The maximum atomic E-state index is 14.4. The van der Waals surface area contributed by atoms with E-state index in [1.807, 2.05) is 0 Å². The zero-order valence-corrected chi connectivity index (χ0v) is 12.3. The number of hydrogen-bond donors (Lipinski definition) is 2. The molecule has 3 aromatic heterocycles. The molecule has 0 fully saturated rings. The van der Waals surface area contributed by atoms with Gasteiger partial charge >= 0.3 is 0 Å². The van der Waals surface area contributed by atoms with Gasteiger partial charge in [0.1, 0.15) is 17.6 Å². The number of nitrogen functional groups attached to an aromatic ring is 2. The Balaban J connectivity index is 1.71. The summed E-state index contributed by atoms with van der Waals surface area (Å²) in [4.78, 5) is 16.1. The van der Waals surface area contributed by atoms with Crippen molar-refractivity contribution in [2.75, 3.05) is 11.5 Å². The average molecular weight is 325 g/mol. The van der Waals surface area contributed by atoms with E-state index < -0.39 is 0 Å². The van der Waals surface area contributed by atoms with Crippen LogP contribution in [-0.2, 0) is 6.54 Å². The number of fused-ring (bicyclic) bond motifs is 1. The van der Waals surface area contributed by atoms with Gasteiger partial charge in [0.25, 0.3) is 0 Å². The fourth-order valence-corrected chi connectivity index (χ4v) is 2.46. The van der Waals surface area contributed by atoms with Crippen molar-refractivity contribution >= 4 is 22.9 Å². The third kappa shape index (κ3) is 2.32. The molecule has 120 valence electrons. The molecule has 0 spiro atoms. The summed E-state index contributed by atoms with van der Waals surface area (Å²) in [6.07, 6.45) is 4.47. The molecule has 0 bridgehead atoms. The quantitative estimate of drug-likeness (QED) is 0.589. The van der Waals surface area contributed by atoms with Crippen LogP contribution in [0.3, 0.4) is 0 Å². The minimum atomic E-state index is -0.387. The Morgan fingerprint density at radius 3 is 2.79 bits per heavy atom. The molecule has 1 aromatic carbocycles. The lowest BCUT2D eigenvalue weighted by Gasteiger charge is -2.07. The largest absolute Gasteiger partial charge is 0.445 e. The molecule has 4 aromatic rings. The Bertz CT molecular complexity index is 1030. The van der Waals surface area contributed by atoms with Crippen LogP contribution >= 0.6 is 0 Å². The van der Waals surface area contributed by atoms with Crippen LogP contribution in [0.4, 0.5) is 16.2 Å². The van der Waals surface area contributed by atoms with Gasteiger partial charge in [-0.3, -0.25) is 0 Å². The number of oxazole rings is 1. The highest BCUT2D eigenvalue weighted by Crippen LogP contribution is 2.22. The van der Waals surface area contributed by atoms with Gasteiger partial charge < -0.3 is 20.5 Å². The molecule has 0 atom stereocenters. The molecule has 3 heterocycles. The summed E-state index contributed by atoms with van der Waals surface area (Å²) < 4.78 is 21.2. The number of nitrogens with two attached hydrogens (primary N) is 2. The van der Waals surface area contributed by atoms with E-state index in [2.05, 4.69) is 19.9 Å². The first-order valence-corrected chi connectivity index (χ1v) is 7.04. The fraction of sp³-hybridized carbons (Fsp3) is 0.0667. The molecule has 0 unspecified atom stereocenters. The second-order valence-electron chi connectivity index (χ2n) is 5.16. The Morgan fingerprint density at radius 2 is 2.04 bits per heavy atom. The first-order chi connectivity index (χ1) is 11.6. The third-order valence-electron chi connectivity index (χ3n) is 3.58. The zero-order valence-electron chi connectivity index (χ0n) is 12.3. The van der Waals surface area contributed by atoms with E-state index in [0.29, 0.717) is 28.2 Å². The van der Waals surface area contributed by atoms with Crippen molar-refractivity contribution in [2.24, 2.45) is 0 Å².